The smallest absolute Gasteiger partial charge is 0.475 e. The van der Waals surface area contributed by atoms with Gasteiger partial charge in [-0.05, 0) is 12.1 Å². The summed E-state index contributed by atoms with van der Waals surface area (Å²) in [5.74, 6) is -3.77. The van der Waals surface area contributed by atoms with Crippen LogP contribution in [0.3, 0.4) is 0 Å². The number of carbonyl (C=O) groups is 2. The third-order valence-corrected chi connectivity index (χ3v) is 2.31. The van der Waals surface area contributed by atoms with E-state index < -0.39 is 23.9 Å². The van der Waals surface area contributed by atoms with Crippen LogP contribution >= 0.6 is 0 Å². The number of benzene rings is 1. The summed E-state index contributed by atoms with van der Waals surface area (Å²) >= 11 is 0. The molecule has 0 bridgehead atoms. The third-order valence-electron chi connectivity index (χ3n) is 2.31. The van der Waals surface area contributed by atoms with Gasteiger partial charge in [-0.2, -0.15) is 13.2 Å². The molecule has 0 aliphatic rings. The zero-order valence-corrected chi connectivity index (χ0v) is 11.0. The number of carboxylic acids is 1. The molecule has 0 amide bonds. The number of fused-ring (bicyclic) bond motifs is 1. The van der Waals surface area contributed by atoms with Crippen molar-refractivity contribution < 1.29 is 37.0 Å². The van der Waals surface area contributed by atoms with Gasteiger partial charge in [0.05, 0.1) is 7.11 Å². The fourth-order valence-electron chi connectivity index (χ4n) is 1.33. The lowest BCUT2D eigenvalue weighted by Crippen LogP contribution is -2.21. The van der Waals surface area contributed by atoms with Gasteiger partial charge in [0.2, 0.25) is 0 Å². The number of carboxylic acid groups (broad SMARTS) is 1. The number of hydrogen-bond acceptors (Lipinski definition) is 4. The lowest BCUT2D eigenvalue weighted by molar-refractivity contribution is -0.192. The molecule has 0 saturated heterocycles. The van der Waals surface area contributed by atoms with Crippen molar-refractivity contribution in [1.82, 2.24) is 4.98 Å². The number of halogens is 4. The van der Waals surface area contributed by atoms with E-state index in [4.69, 9.17) is 9.90 Å². The quantitative estimate of drug-likeness (QED) is 0.646. The normalized spacial score (nSPS) is 10.6. The van der Waals surface area contributed by atoms with E-state index in [1.807, 2.05) is 0 Å². The van der Waals surface area contributed by atoms with Crippen molar-refractivity contribution >= 4 is 22.8 Å². The molecule has 5 nitrogen and oxygen atoms in total. The van der Waals surface area contributed by atoms with Crippen LogP contribution in [0.2, 0.25) is 0 Å². The molecule has 1 aromatic heterocycles. The van der Waals surface area contributed by atoms with Crippen LogP contribution in [0, 0.1) is 5.82 Å². The Morgan fingerprint density at radius 1 is 1.18 bits per heavy atom. The molecule has 0 saturated carbocycles. The minimum absolute atomic E-state index is 0.107. The maximum absolute atomic E-state index is 13.3. The largest absolute Gasteiger partial charge is 0.490 e. The standard InChI is InChI=1S/C11H8FNO2.C2HF3O2/c1-15-11(14)9-6-5-7-3-2-4-8(12)10(7)13-9;3-2(4,5)1(6)7/h2-6H,1H3;(H,6,7). The summed E-state index contributed by atoms with van der Waals surface area (Å²) in [5.41, 5.74) is 0.288. The van der Waals surface area contributed by atoms with Crippen molar-refractivity contribution in [2.75, 3.05) is 7.11 Å². The molecular formula is C13H9F4NO4. The molecule has 0 spiro atoms. The number of alkyl halides is 3. The minimum atomic E-state index is -5.08. The monoisotopic (exact) mass is 319 g/mol. The number of aromatic nitrogens is 1. The highest BCUT2D eigenvalue weighted by molar-refractivity contribution is 5.91. The van der Waals surface area contributed by atoms with Crippen LogP contribution in [-0.4, -0.2) is 35.3 Å². The average molecular weight is 319 g/mol. The average Bonchev–Trinajstić information content (AvgIpc) is 2.46. The van der Waals surface area contributed by atoms with Crippen molar-refractivity contribution in [2.24, 2.45) is 0 Å². The Bertz CT molecular complexity index is 700. The van der Waals surface area contributed by atoms with Gasteiger partial charge in [-0.1, -0.05) is 18.2 Å². The topological polar surface area (TPSA) is 76.5 Å². The van der Waals surface area contributed by atoms with Crippen molar-refractivity contribution in [2.45, 2.75) is 6.18 Å². The summed E-state index contributed by atoms with van der Waals surface area (Å²) in [6.07, 6.45) is -5.08. The number of rotatable bonds is 1. The van der Waals surface area contributed by atoms with E-state index in [-0.39, 0.29) is 11.2 Å². The highest BCUT2D eigenvalue weighted by Crippen LogP contribution is 2.16. The van der Waals surface area contributed by atoms with Gasteiger partial charge in [0, 0.05) is 5.39 Å². The molecular weight excluding hydrogens is 310 g/mol. The summed E-state index contributed by atoms with van der Waals surface area (Å²) in [7, 11) is 1.26. The van der Waals surface area contributed by atoms with Crippen molar-refractivity contribution in [3.8, 4) is 0 Å². The number of aliphatic carboxylic acids is 1. The fraction of sp³-hybridized carbons (Fsp3) is 0.154. The number of esters is 1. The molecule has 1 heterocycles. The Morgan fingerprint density at radius 2 is 1.77 bits per heavy atom. The fourth-order valence-corrected chi connectivity index (χ4v) is 1.33. The molecule has 118 valence electrons. The predicted molar refractivity (Wildman–Crippen MR) is 66.7 cm³/mol. The highest BCUT2D eigenvalue weighted by Gasteiger charge is 2.38. The van der Waals surface area contributed by atoms with E-state index in [0.29, 0.717) is 5.39 Å². The summed E-state index contributed by atoms with van der Waals surface area (Å²) in [4.78, 5) is 24.0. The number of nitrogens with zero attached hydrogens (tertiary/aromatic N) is 1. The number of methoxy groups -OCH3 is 1. The molecule has 0 unspecified atom stereocenters. The van der Waals surface area contributed by atoms with E-state index in [0.717, 1.165) is 0 Å². The highest BCUT2D eigenvalue weighted by atomic mass is 19.4. The zero-order chi connectivity index (χ0) is 16.9. The lowest BCUT2D eigenvalue weighted by Gasteiger charge is -2.01. The van der Waals surface area contributed by atoms with Gasteiger partial charge < -0.3 is 9.84 Å². The second-order valence-corrected chi connectivity index (χ2v) is 3.80. The lowest BCUT2D eigenvalue weighted by atomic mass is 10.2. The first-order valence-corrected chi connectivity index (χ1v) is 5.60. The van der Waals surface area contributed by atoms with E-state index >= 15 is 0 Å². The van der Waals surface area contributed by atoms with E-state index in [2.05, 4.69) is 9.72 Å². The molecule has 0 fully saturated rings. The molecule has 2 rings (SSSR count). The van der Waals surface area contributed by atoms with E-state index in [1.165, 1.54) is 19.2 Å². The van der Waals surface area contributed by atoms with Gasteiger partial charge in [0.1, 0.15) is 17.0 Å². The van der Waals surface area contributed by atoms with Crippen molar-refractivity contribution in [3.05, 3.63) is 41.8 Å². The maximum atomic E-state index is 13.3. The summed E-state index contributed by atoms with van der Waals surface area (Å²) in [6, 6.07) is 7.77. The number of hydrogen-bond donors (Lipinski definition) is 1. The molecule has 1 aromatic carbocycles. The SMILES string of the molecule is COC(=O)c1ccc2cccc(F)c2n1.O=C(O)C(F)(F)F. The van der Waals surface area contributed by atoms with Crippen LogP contribution in [0.25, 0.3) is 10.9 Å². The van der Waals surface area contributed by atoms with Gasteiger partial charge >= 0.3 is 18.1 Å². The van der Waals surface area contributed by atoms with Gasteiger partial charge in [0.15, 0.2) is 0 Å². The van der Waals surface area contributed by atoms with Crippen LogP contribution in [0.1, 0.15) is 10.5 Å². The molecule has 0 radical (unpaired) electrons. The van der Waals surface area contributed by atoms with Crippen LogP contribution in [0.5, 0.6) is 0 Å². The minimum Gasteiger partial charge on any atom is -0.475 e. The van der Waals surface area contributed by atoms with Gasteiger partial charge in [-0.3, -0.25) is 0 Å². The van der Waals surface area contributed by atoms with Gasteiger partial charge in [-0.25, -0.2) is 19.0 Å². The Labute approximate surface area is 121 Å². The summed E-state index contributed by atoms with van der Waals surface area (Å²) in [6.45, 7) is 0. The summed E-state index contributed by atoms with van der Waals surface area (Å²) < 4.78 is 49.6. The molecule has 22 heavy (non-hydrogen) atoms. The first kappa shape index (κ1) is 17.3. The van der Waals surface area contributed by atoms with Crippen LogP contribution in [0.4, 0.5) is 17.6 Å². The van der Waals surface area contributed by atoms with Crippen LogP contribution in [-0.2, 0) is 9.53 Å². The number of carbonyl (C=O) groups excluding carboxylic acids is 1. The molecule has 0 aliphatic heterocycles. The number of pyridine rings is 1. The van der Waals surface area contributed by atoms with E-state index in [1.54, 1.807) is 18.2 Å². The van der Waals surface area contributed by atoms with E-state index in [9.17, 15) is 22.4 Å². The first-order chi connectivity index (χ1) is 10.2. The summed E-state index contributed by atoms with van der Waals surface area (Å²) in [5, 5.41) is 7.78. The Balaban J connectivity index is 0.000000295. The Morgan fingerprint density at radius 3 is 2.27 bits per heavy atom. The second kappa shape index (κ2) is 6.83. The molecule has 1 N–H and O–H groups in total. The number of para-hydroxylation sites is 1. The molecule has 0 atom stereocenters. The van der Waals surface area contributed by atoms with Crippen molar-refractivity contribution in [1.29, 1.82) is 0 Å². The Hall–Kier alpha value is -2.71. The third kappa shape index (κ3) is 4.40. The van der Waals surface area contributed by atoms with Gasteiger partial charge in [0.25, 0.3) is 0 Å². The number of ether oxygens (including phenoxy) is 1. The first-order valence-electron chi connectivity index (χ1n) is 5.60. The molecule has 2 aromatic rings. The van der Waals surface area contributed by atoms with Crippen molar-refractivity contribution in [3.63, 3.8) is 0 Å². The predicted octanol–water partition coefficient (Wildman–Crippen LogP) is 2.79. The van der Waals surface area contributed by atoms with Gasteiger partial charge in [-0.15, -0.1) is 0 Å². The molecule has 9 heteroatoms. The Kier molecular flexibility index (Phi) is 5.39. The zero-order valence-electron chi connectivity index (χ0n) is 11.0. The second-order valence-electron chi connectivity index (χ2n) is 3.80. The maximum Gasteiger partial charge on any atom is 0.490 e. The van der Waals surface area contributed by atoms with Crippen LogP contribution in [0.15, 0.2) is 30.3 Å². The van der Waals surface area contributed by atoms with Crippen LogP contribution < -0.4 is 0 Å². The molecule has 0 aliphatic carbocycles.